The van der Waals surface area contributed by atoms with Crippen LogP contribution in [-0.2, 0) is 6.42 Å². The number of rotatable bonds is 4. The minimum atomic E-state index is -0.184. The third-order valence-corrected chi connectivity index (χ3v) is 2.87. The van der Waals surface area contributed by atoms with Gasteiger partial charge < -0.3 is 11.1 Å². The molecule has 0 fully saturated rings. The van der Waals surface area contributed by atoms with Crippen molar-refractivity contribution in [3.8, 4) is 0 Å². The highest BCUT2D eigenvalue weighted by molar-refractivity contribution is 5.57. The lowest BCUT2D eigenvalue weighted by Crippen LogP contribution is -2.06. The third kappa shape index (κ3) is 3.23. The van der Waals surface area contributed by atoms with E-state index in [1.54, 1.807) is 12.1 Å². The molecule has 3 N–H and O–H groups in total. The number of nitrogens with two attached hydrogens (primary N) is 1. The predicted octanol–water partition coefficient (Wildman–Crippen LogP) is 3.37. The van der Waals surface area contributed by atoms with E-state index in [1.165, 1.54) is 6.07 Å². The Morgan fingerprint density at radius 3 is 2.72 bits per heavy atom. The summed E-state index contributed by atoms with van der Waals surface area (Å²) in [4.78, 5) is 0. The average Bonchev–Trinajstić information content (AvgIpc) is 2.32. The third-order valence-electron chi connectivity index (χ3n) is 2.87. The highest BCUT2D eigenvalue weighted by Gasteiger charge is 1.99. The SMILES string of the molecule is Cc1cc(N)ccc1NCCc1cccc(F)c1. The van der Waals surface area contributed by atoms with E-state index >= 15 is 0 Å². The molecule has 94 valence electrons. The first-order chi connectivity index (χ1) is 8.65. The quantitative estimate of drug-likeness (QED) is 0.809. The highest BCUT2D eigenvalue weighted by Crippen LogP contribution is 2.17. The molecule has 0 bridgehead atoms. The zero-order valence-corrected chi connectivity index (χ0v) is 10.4. The van der Waals surface area contributed by atoms with E-state index in [0.29, 0.717) is 0 Å². The van der Waals surface area contributed by atoms with Crippen molar-refractivity contribution in [1.82, 2.24) is 0 Å². The summed E-state index contributed by atoms with van der Waals surface area (Å²) in [5.74, 6) is -0.184. The van der Waals surface area contributed by atoms with Crippen LogP contribution in [0.2, 0.25) is 0 Å². The summed E-state index contributed by atoms with van der Waals surface area (Å²) in [5.41, 5.74) is 9.65. The van der Waals surface area contributed by atoms with Gasteiger partial charge in [-0.25, -0.2) is 4.39 Å². The Labute approximate surface area is 107 Å². The first kappa shape index (κ1) is 12.4. The summed E-state index contributed by atoms with van der Waals surface area (Å²) in [6.07, 6.45) is 0.793. The molecule has 0 spiro atoms. The monoisotopic (exact) mass is 244 g/mol. The Morgan fingerprint density at radius 1 is 1.17 bits per heavy atom. The van der Waals surface area contributed by atoms with Crippen LogP contribution < -0.4 is 11.1 Å². The summed E-state index contributed by atoms with van der Waals surface area (Å²) < 4.78 is 13.0. The summed E-state index contributed by atoms with van der Waals surface area (Å²) in [7, 11) is 0. The molecule has 0 aliphatic rings. The van der Waals surface area contributed by atoms with Crippen LogP contribution in [0.15, 0.2) is 42.5 Å². The normalized spacial score (nSPS) is 10.3. The second kappa shape index (κ2) is 5.54. The van der Waals surface area contributed by atoms with Crippen LogP contribution in [0, 0.1) is 12.7 Å². The van der Waals surface area contributed by atoms with Crippen molar-refractivity contribution in [3.63, 3.8) is 0 Å². The minimum Gasteiger partial charge on any atom is -0.399 e. The maximum atomic E-state index is 13.0. The van der Waals surface area contributed by atoms with Crippen LogP contribution in [0.3, 0.4) is 0 Å². The molecule has 0 aliphatic heterocycles. The van der Waals surface area contributed by atoms with Gasteiger partial charge in [-0.05, 0) is 54.8 Å². The van der Waals surface area contributed by atoms with E-state index in [1.807, 2.05) is 31.2 Å². The van der Waals surface area contributed by atoms with E-state index in [0.717, 1.165) is 35.5 Å². The molecule has 3 heteroatoms. The lowest BCUT2D eigenvalue weighted by Gasteiger charge is -2.10. The standard InChI is InChI=1S/C15H17FN2/c1-11-9-14(17)5-6-15(11)18-8-7-12-3-2-4-13(16)10-12/h2-6,9-10,18H,7-8,17H2,1H3. The summed E-state index contributed by atoms with van der Waals surface area (Å²) in [6.45, 7) is 2.79. The van der Waals surface area contributed by atoms with Gasteiger partial charge in [0.15, 0.2) is 0 Å². The number of aryl methyl sites for hydroxylation is 1. The number of nitrogen functional groups attached to an aromatic ring is 1. The van der Waals surface area contributed by atoms with Gasteiger partial charge >= 0.3 is 0 Å². The van der Waals surface area contributed by atoms with Crippen molar-refractivity contribution in [2.75, 3.05) is 17.6 Å². The van der Waals surface area contributed by atoms with Crippen molar-refractivity contribution < 1.29 is 4.39 Å². The van der Waals surface area contributed by atoms with Crippen molar-refractivity contribution in [2.24, 2.45) is 0 Å². The van der Waals surface area contributed by atoms with Crippen molar-refractivity contribution in [1.29, 1.82) is 0 Å². The van der Waals surface area contributed by atoms with Crippen LogP contribution in [0.1, 0.15) is 11.1 Å². The van der Waals surface area contributed by atoms with E-state index in [4.69, 9.17) is 5.73 Å². The van der Waals surface area contributed by atoms with Gasteiger partial charge in [0.25, 0.3) is 0 Å². The Balaban J connectivity index is 1.92. The molecule has 0 saturated heterocycles. The number of benzene rings is 2. The summed E-state index contributed by atoms with van der Waals surface area (Å²) in [6, 6.07) is 12.5. The molecule has 0 aliphatic carbocycles. The lowest BCUT2D eigenvalue weighted by molar-refractivity contribution is 0.625. The van der Waals surface area contributed by atoms with Crippen LogP contribution >= 0.6 is 0 Å². The van der Waals surface area contributed by atoms with E-state index in [9.17, 15) is 4.39 Å². The van der Waals surface area contributed by atoms with Gasteiger partial charge in [0, 0.05) is 17.9 Å². The van der Waals surface area contributed by atoms with Crippen LogP contribution in [0.25, 0.3) is 0 Å². The van der Waals surface area contributed by atoms with E-state index in [-0.39, 0.29) is 5.82 Å². The second-order valence-corrected chi connectivity index (χ2v) is 4.38. The Hall–Kier alpha value is -2.03. The molecule has 2 rings (SSSR count). The van der Waals surface area contributed by atoms with Crippen molar-refractivity contribution in [2.45, 2.75) is 13.3 Å². The largest absolute Gasteiger partial charge is 0.399 e. The van der Waals surface area contributed by atoms with Crippen LogP contribution in [0.5, 0.6) is 0 Å². The number of anilines is 2. The molecule has 0 radical (unpaired) electrons. The summed E-state index contributed by atoms with van der Waals surface area (Å²) >= 11 is 0. The van der Waals surface area contributed by atoms with Crippen LogP contribution in [0.4, 0.5) is 15.8 Å². The molecular formula is C15H17FN2. The second-order valence-electron chi connectivity index (χ2n) is 4.38. The van der Waals surface area contributed by atoms with E-state index in [2.05, 4.69) is 5.32 Å². The molecule has 0 amide bonds. The average molecular weight is 244 g/mol. The maximum Gasteiger partial charge on any atom is 0.123 e. The van der Waals surface area contributed by atoms with Gasteiger partial charge in [-0.2, -0.15) is 0 Å². The zero-order valence-electron chi connectivity index (χ0n) is 10.4. The van der Waals surface area contributed by atoms with Crippen molar-refractivity contribution >= 4 is 11.4 Å². The molecule has 0 atom stereocenters. The molecule has 0 aromatic heterocycles. The molecule has 2 aromatic rings. The predicted molar refractivity (Wildman–Crippen MR) is 74.2 cm³/mol. The van der Waals surface area contributed by atoms with Gasteiger partial charge in [-0.1, -0.05) is 12.1 Å². The van der Waals surface area contributed by atoms with Gasteiger partial charge in [0.2, 0.25) is 0 Å². The number of hydrogen-bond acceptors (Lipinski definition) is 2. The molecule has 2 nitrogen and oxygen atoms in total. The smallest absolute Gasteiger partial charge is 0.123 e. The molecule has 18 heavy (non-hydrogen) atoms. The Bertz CT molecular complexity index is 538. The molecule has 0 unspecified atom stereocenters. The number of halogens is 1. The molecule has 2 aromatic carbocycles. The fraction of sp³-hybridized carbons (Fsp3) is 0.200. The topological polar surface area (TPSA) is 38.0 Å². The van der Waals surface area contributed by atoms with Gasteiger partial charge in [-0.15, -0.1) is 0 Å². The molecule has 0 heterocycles. The number of hydrogen-bond donors (Lipinski definition) is 2. The Morgan fingerprint density at radius 2 is 2.00 bits per heavy atom. The highest BCUT2D eigenvalue weighted by atomic mass is 19.1. The van der Waals surface area contributed by atoms with Crippen molar-refractivity contribution in [3.05, 3.63) is 59.4 Å². The fourth-order valence-electron chi connectivity index (χ4n) is 1.92. The van der Waals surface area contributed by atoms with Crippen LogP contribution in [-0.4, -0.2) is 6.54 Å². The van der Waals surface area contributed by atoms with Gasteiger partial charge in [0.05, 0.1) is 0 Å². The van der Waals surface area contributed by atoms with Gasteiger partial charge in [-0.3, -0.25) is 0 Å². The molecular weight excluding hydrogens is 227 g/mol. The summed E-state index contributed by atoms with van der Waals surface area (Å²) in [5, 5.41) is 3.33. The number of nitrogens with one attached hydrogen (secondary N) is 1. The molecule has 0 saturated carbocycles. The first-order valence-electron chi connectivity index (χ1n) is 5.99. The first-order valence-corrected chi connectivity index (χ1v) is 5.99. The fourth-order valence-corrected chi connectivity index (χ4v) is 1.92. The van der Waals surface area contributed by atoms with Gasteiger partial charge in [0.1, 0.15) is 5.82 Å². The lowest BCUT2D eigenvalue weighted by atomic mass is 10.1. The maximum absolute atomic E-state index is 13.0. The Kier molecular flexibility index (Phi) is 3.82. The minimum absolute atomic E-state index is 0.184. The van der Waals surface area contributed by atoms with E-state index < -0.39 is 0 Å². The zero-order chi connectivity index (χ0) is 13.0.